The van der Waals surface area contributed by atoms with Gasteiger partial charge in [0, 0.05) is 37.4 Å². The summed E-state index contributed by atoms with van der Waals surface area (Å²) in [5, 5.41) is 6.40. The Kier molecular flexibility index (Phi) is 5.19. The van der Waals surface area contributed by atoms with E-state index >= 15 is 0 Å². The van der Waals surface area contributed by atoms with Crippen LogP contribution < -0.4 is 10.6 Å². The summed E-state index contributed by atoms with van der Waals surface area (Å²) in [4.78, 5) is 20.5. The highest BCUT2D eigenvalue weighted by molar-refractivity contribution is 5.94. The minimum atomic E-state index is -0.117. The number of hydrogen-bond donors (Lipinski definition) is 2. The first-order valence-electron chi connectivity index (χ1n) is 8.20. The topological polar surface area (TPSA) is 66.9 Å². The van der Waals surface area contributed by atoms with Crippen LogP contribution >= 0.6 is 0 Å². The first-order chi connectivity index (χ1) is 11.3. The van der Waals surface area contributed by atoms with Crippen molar-refractivity contribution in [3.05, 3.63) is 54.1 Å². The van der Waals surface area contributed by atoms with E-state index in [4.69, 9.17) is 0 Å². The molecule has 0 saturated heterocycles. The van der Waals surface area contributed by atoms with Crippen LogP contribution in [-0.4, -0.2) is 21.9 Å². The third-order valence-electron chi connectivity index (χ3n) is 4.15. The lowest BCUT2D eigenvalue weighted by Gasteiger charge is -2.23. The number of nitrogens with one attached hydrogen (secondary N) is 2. The Morgan fingerprint density at radius 2 is 2.00 bits per heavy atom. The number of nitrogens with zero attached hydrogens (tertiary/aromatic N) is 2. The highest BCUT2D eigenvalue weighted by Crippen LogP contribution is 2.21. The standard InChI is InChI=1S/C18H22N4O/c23-18(21-11-14-5-4-8-19-10-14)15-9-17(13-20-12-15)22-16-6-2-1-3-7-16/h4-5,8-10,12-13,16,22H,1-3,6-7,11H2,(H,21,23). The van der Waals surface area contributed by atoms with Gasteiger partial charge in [0.25, 0.3) is 5.91 Å². The Balaban J connectivity index is 1.58. The van der Waals surface area contributed by atoms with Gasteiger partial charge in [0.2, 0.25) is 0 Å². The normalized spacial score (nSPS) is 15.1. The van der Waals surface area contributed by atoms with Crippen molar-refractivity contribution in [2.75, 3.05) is 5.32 Å². The van der Waals surface area contributed by atoms with E-state index in [1.807, 2.05) is 18.2 Å². The maximum atomic E-state index is 12.3. The smallest absolute Gasteiger partial charge is 0.253 e. The van der Waals surface area contributed by atoms with Gasteiger partial charge in [0.05, 0.1) is 11.3 Å². The van der Waals surface area contributed by atoms with Crippen molar-refractivity contribution in [2.45, 2.75) is 44.7 Å². The number of hydrogen-bond acceptors (Lipinski definition) is 4. The molecule has 0 radical (unpaired) electrons. The molecule has 0 bridgehead atoms. The highest BCUT2D eigenvalue weighted by Gasteiger charge is 2.14. The van der Waals surface area contributed by atoms with Gasteiger partial charge in [-0.15, -0.1) is 0 Å². The summed E-state index contributed by atoms with van der Waals surface area (Å²) in [6.45, 7) is 0.465. The predicted molar refractivity (Wildman–Crippen MR) is 90.1 cm³/mol. The molecule has 2 N–H and O–H groups in total. The molecule has 2 aromatic heterocycles. The van der Waals surface area contributed by atoms with Gasteiger partial charge in [-0.25, -0.2) is 0 Å². The fraction of sp³-hybridized carbons (Fsp3) is 0.389. The maximum Gasteiger partial charge on any atom is 0.253 e. The summed E-state index contributed by atoms with van der Waals surface area (Å²) >= 11 is 0. The van der Waals surface area contributed by atoms with E-state index in [9.17, 15) is 4.79 Å². The Morgan fingerprint density at radius 1 is 1.13 bits per heavy atom. The lowest BCUT2D eigenvalue weighted by Crippen LogP contribution is -2.24. The van der Waals surface area contributed by atoms with E-state index in [1.165, 1.54) is 32.1 Å². The Hall–Kier alpha value is -2.43. The Labute approximate surface area is 136 Å². The van der Waals surface area contributed by atoms with Gasteiger partial charge in [0.1, 0.15) is 0 Å². The minimum absolute atomic E-state index is 0.117. The average Bonchev–Trinajstić information content (AvgIpc) is 2.62. The van der Waals surface area contributed by atoms with Crippen molar-refractivity contribution in [3.8, 4) is 0 Å². The molecule has 1 aliphatic rings. The van der Waals surface area contributed by atoms with Gasteiger partial charge in [0.15, 0.2) is 0 Å². The van der Waals surface area contributed by atoms with E-state index in [2.05, 4.69) is 20.6 Å². The van der Waals surface area contributed by atoms with Crippen LogP contribution in [0.2, 0.25) is 0 Å². The minimum Gasteiger partial charge on any atom is -0.381 e. The van der Waals surface area contributed by atoms with Gasteiger partial charge in [-0.05, 0) is 30.5 Å². The van der Waals surface area contributed by atoms with E-state index in [-0.39, 0.29) is 5.91 Å². The molecule has 2 heterocycles. The number of pyridine rings is 2. The second-order valence-corrected chi connectivity index (χ2v) is 5.99. The second-order valence-electron chi connectivity index (χ2n) is 5.99. The van der Waals surface area contributed by atoms with Crippen LogP contribution in [0.1, 0.15) is 48.0 Å². The molecule has 5 heteroatoms. The summed E-state index contributed by atoms with van der Waals surface area (Å²) in [5.41, 5.74) is 2.48. The van der Waals surface area contributed by atoms with E-state index < -0.39 is 0 Å². The van der Waals surface area contributed by atoms with Crippen molar-refractivity contribution in [1.82, 2.24) is 15.3 Å². The molecule has 1 amide bonds. The third-order valence-corrected chi connectivity index (χ3v) is 4.15. The van der Waals surface area contributed by atoms with Crippen molar-refractivity contribution in [2.24, 2.45) is 0 Å². The molecule has 5 nitrogen and oxygen atoms in total. The lowest BCUT2D eigenvalue weighted by atomic mass is 9.95. The molecule has 3 rings (SSSR count). The third kappa shape index (κ3) is 4.52. The summed E-state index contributed by atoms with van der Waals surface area (Å²) in [6.07, 6.45) is 13.1. The van der Waals surface area contributed by atoms with E-state index in [1.54, 1.807) is 24.8 Å². The van der Waals surface area contributed by atoms with Gasteiger partial charge in [-0.3, -0.25) is 14.8 Å². The summed E-state index contributed by atoms with van der Waals surface area (Å²) in [6, 6.07) is 6.17. The number of rotatable bonds is 5. The molecule has 1 aliphatic carbocycles. The first kappa shape index (κ1) is 15.5. The van der Waals surface area contributed by atoms with Crippen molar-refractivity contribution in [1.29, 1.82) is 0 Å². The SMILES string of the molecule is O=C(NCc1cccnc1)c1cncc(NC2CCCCC2)c1. The molecule has 0 unspecified atom stereocenters. The number of aromatic nitrogens is 2. The zero-order valence-corrected chi connectivity index (χ0v) is 13.2. The largest absolute Gasteiger partial charge is 0.381 e. The van der Waals surface area contributed by atoms with Gasteiger partial charge in [-0.1, -0.05) is 25.3 Å². The monoisotopic (exact) mass is 310 g/mol. The highest BCUT2D eigenvalue weighted by atomic mass is 16.1. The fourth-order valence-electron chi connectivity index (χ4n) is 2.91. The second kappa shape index (κ2) is 7.72. The molecule has 120 valence electrons. The molecule has 1 saturated carbocycles. The molecule has 0 spiro atoms. The van der Waals surface area contributed by atoms with Crippen molar-refractivity contribution in [3.63, 3.8) is 0 Å². The first-order valence-corrected chi connectivity index (χ1v) is 8.20. The van der Waals surface area contributed by atoms with Gasteiger partial charge >= 0.3 is 0 Å². The number of carbonyl (C=O) groups excluding carboxylic acids is 1. The number of anilines is 1. The summed E-state index contributed by atoms with van der Waals surface area (Å²) in [7, 11) is 0. The lowest BCUT2D eigenvalue weighted by molar-refractivity contribution is 0.0950. The number of amides is 1. The molecular formula is C18H22N4O. The fourth-order valence-corrected chi connectivity index (χ4v) is 2.91. The summed E-state index contributed by atoms with van der Waals surface area (Å²) in [5.74, 6) is -0.117. The maximum absolute atomic E-state index is 12.3. The van der Waals surface area contributed by atoms with Crippen LogP contribution in [0.4, 0.5) is 5.69 Å². The van der Waals surface area contributed by atoms with Gasteiger partial charge < -0.3 is 10.6 Å². The molecule has 0 aliphatic heterocycles. The molecular weight excluding hydrogens is 288 g/mol. The Bertz CT molecular complexity index is 638. The van der Waals surface area contributed by atoms with Crippen LogP contribution in [-0.2, 0) is 6.54 Å². The molecule has 0 aromatic carbocycles. The van der Waals surface area contributed by atoms with Crippen LogP contribution in [0.15, 0.2) is 43.0 Å². The Morgan fingerprint density at radius 3 is 2.78 bits per heavy atom. The zero-order valence-electron chi connectivity index (χ0n) is 13.2. The average molecular weight is 310 g/mol. The van der Waals surface area contributed by atoms with Crippen LogP contribution in [0.3, 0.4) is 0 Å². The molecule has 0 atom stereocenters. The molecule has 2 aromatic rings. The zero-order chi connectivity index (χ0) is 15.9. The van der Waals surface area contributed by atoms with Crippen LogP contribution in [0.25, 0.3) is 0 Å². The predicted octanol–water partition coefficient (Wildman–Crippen LogP) is 3.15. The van der Waals surface area contributed by atoms with Crippen LogP contribution in [0.5, 0.6) is 0 Å². The van der Waals surface area contributed by atoms with E-state index in [0.717, 1.165) is 11.3 Å². The van der Waals surface area contributed by atoms with Crippen molar-refractivity contribution >= 4 is 11.6 Å². The number of carbonyl (C=O) groups is 1. The van der Waals surface area contributed by atoms with Gasteiger partial charge in [-0.2, -0.15) is 0 Å². The molecule has 1 fully saturated rings. The quantitative estimate of drug-likeness (QED) is 0.890. The van der Waals surface area contributed by atoms with Crippen LogP contribution in [0, 0.1) is 0 Å². The van der Waals surface area contributed by atoms with E-state index in [0.29, 0.717) is 18.2 Å². The molecule has 23 heavy (non-hydrogen) atoms. The van der Waals surface area contributed by atoms with Crippen molar-refractivity contribution < 1.29 is 4.79 Å². The summed E-state index contributed by atoms with van der Waals surface area (Å²) < 4.78 is 0.